The molecule has 1 heterocycles. The number of rotatable bonds is 4. The maximum Gasteiger partial charge on any atom is 0.143 e. The lowest BCUT2D eigenvalue weighted by molar-refractivity contribution is 0.468. The van der Waals surface area contributed by atoms with Gasteiger partial charge in [0.2, 0.25) is 0 Å². The summed E-state index contributed by atoms with van der Waals surface area (Å²) in [5.41, 5.74) is 3.70. The van der Waals surface area contributed by atoms with E-state index in [0.717, 1.165) is 22.4 Å². The van der Waals surface area contributed by atoms with Crippen LogP contribution < -0.4 is 0 Å². The lowest BCUT2D eigenvalue weighted by Crippen LogP contribution is -1.83. The quantitative estimate of drug-likeness (QED) is 0.308. The lowest BCUT2D eigenvalue weighted by Gasteiger charge is -2.03. The number of halogens is 4. The third-order valence-electron chi connectivity index (χ3n) is 3.80. The zero-order chi connectivity index (χ0) is 20.3. The van der Waals surface area contributed by atoms with Gasteiger partial charge in [-0.2, -0.15) is 0 Å². The summed E-state index contributed by atoms with van der Waals surface area (Å²) in [5, 5.41) is 19.6. The van der Waals surface area contributed by atoms with Crippen LogP contribution in [0, 0.1) is 0 Å². The minimum Gasteiger partial charge on any atom is -0.506 e. The van der Waals surface area contributed by atoms with Crippen LogP contribution in [-0.2, 0) is 0 Å². The van der Waals surface area contributed by atoms with Crippen LogP contribution >= 0.6 is 63.7 Å². The molecule has 0 atom stereocenters. The molecule has 3 nitrogen and oxygen atoms in total. The zero-order valence-corrected chi connectivity index (χ0v) is 20.5. The zero-order valence-electron chi connectivity index (χ0n) is 14.2. The van der Waals surface area contributed by atoms with E-state index in [4.69, 9.17) is 0 Å². The van der Waals surface area contributed by atoms with E-state index < -0.39 is 0 Å². The van der Waals surface area contributed by atoms with Crippen molar-refractivity contribution in [2.75, 3.05) is 0 Å². The molecule has 0 aliphatic heterocycles. The Bertz CT molecular complexity index is 965. The summed E-state index contributed by atoms with van der Waals surface area (Å²) in [7, 11) is 0. The lowest BCUT2D eigenvalue weighted by atomic mass is 10.1. The minimum absolute atomic E-state index is 0.176. The largest absolute Gasteiger partial charge is 0.506 e. The summed E-state index contributed by atoms with van der Waals surface area (Å²) in [5.74, 6) is 0.357. The van der Waals surface area contributed by atoms with Crippen LogP contribution in [0.5, 0.6) is 11.5 Å². The molecule has 0 aliphatic rings. The monoisotopic (exact) mass is 627 g/mol. The molecule has 0 bridgehead atoms. The van der Waals surface area contributed by atoms with E-state index >= 15 is 0 Å². The fraction of sp³-hybridized carbons (Fsp3) is 0. The van der Waals surface area contributed by atoms with Crippen molar-refractivity contribution in [3.63, 3.8) is 0 Å². The number of benzene rings is 2. The van der Waals surface area contributed by atoms with Crippen molar-refractivity contribution in [1.82, 2.24) is 4.98 Å². The Morgan fingerprint density at radius 1 is 0.607 bits per heavy atom. The number of hydrogen-bond donors (Lipinski definition) is 2. The van der Waals surface area contributed by atoms with Gasteiger partial charge in [0.1, 0.15) is 11.5 Å². The second-order valence-corrected chi connectivity index (χ2v) is 9.26. The second-order valence-electron chi connectivity index (χ2n) is 5.85. The molecule has 0 saturated heterocycles. The summed E-state index contributed by atoms with van der Waals surface area (Å²) in [6.45, 7) is 0. The average molecular weight is 631 g/mol. The molecule has 0 amide bonds. The first-order valence-electron chi connectivity index (χ1n) is 8.02. The highest BCUT2D eigenvalue weighted by Crippen LogP contribution is 2.34. The van der Waals surface area contributed by atoms with Crippen molar-refractivity contribution >= 4 is 88.0 Å². The van der Waals surface area contributed by atoms with Crippen molar-refractivity contribution in [3.05, 3.63) is 82.9 Å². The first-order chi connectivity index (χ1) is 13.3. The SMILES string of the molecule is Oc1c(Br)cc(/C=C/c2ccnc(/C=C/c3cc(Br)c(O)c(Br)c3)c2)cc1Br. The van der Waals surface area contributed by atoms with E-state index in [9.17, 15) is 10.2 Å². The van der Waals surface area contributed by atoms with Gasteiger partial charge < -0.3 is 10.2 Å². The highest BCUT2D eigenvalue weighted by atomic mass is 79.9. The van der Waals surface area contributed by atoms with Crippen LogP contribution in [0.25, 0.3) is 24.3 Å². The van der Waals surface area contributed by atoms with Gasteiger partial charge in [-0.3, -0.25) is 4.98 Å². The van der Waals surface area contributed by atoms with Gasteiger partial charge in [0, 0.05) is 6.20 Å². The maximum atomic E-state index is 9.80. The van der Waals surface area contributed by atoms with E-state index in [1.54, 1.807) is 6.20 Å². The van der Waals surface area contributed by atoms with Gasteiger partial charge in [0.25, 0.3) is 0 Å². The first kappa shape index (κ1) is 21.3. The van der Waals surface area contributed by atoms with Crippen molar-refractivity contribution in [2.24, 2.45) is 0 Å². The van der Waals surface area contributed by atoms with Gasteiger partial charge in [-0.05, 0) is 123 Å². The van der Waals surface area contributed by atoms with Crippen LogP contribution in [0.3, 0.4) is 0 Å². The number of pyridine rings is 1. The molecule has 28 heavy (non-hydrogen) atoms. The van der Waals surface area contributed by atoms with E-state index in [-0.39, 0.29) is 11.5 Å². The molecule has 2 aromatic carbocycles. The normalized spacial score (nSPS) is 11.6. The highest BCUT2D eigenvalue weighted by Gasteiger charge is 2.05. The molecule has 7 heteroatoms. The molecule has 1 aromatic heterocycles. The Hall–Kier alpha value is -1.41. The highest BCUT2D eigenvalue weighted by molar-refractivity contribution is 9.11. The van der Waals surface area contributed by atoms with Crippen LogP contribution in [0.2, 0.25) is 0 Å². The first-order valence-corrected chi connectivity index (χ1v) is 11.2. The fourth-order valence-corrected chi connectivity index (χ4v) is 4.84. The van der Waals surface area contributed by atoms with Crippen LogP contribution in [0.4, 0.5) is 0 Å². The van der Waals surface area contributed by atoms with Gasteiger partial charge in [-0.15, -0.1) is 0 Å². The van der Waals surface area contributed by atoms with E-state index in [1.165, 1.54) is 0 Å². The number of nitrogens with zero attached hydrogens (tertiary/aromatic N) is 1. The molecule has 0 saturated carbocycles. The van der Waals surface area contributed by atoms with Crippen molar-refractivity contribution in [1.29, 1.82) is 0 Å². The summed E-state index contributed by atoms with van der Waals surface area (Å²) in [6, 6.07) is 11.3. The Morgan fingerprint density at radius 3 is 1.54 bits per heavy atom. The van der Waals surface area contributed by atoms with Gasteiger partial charge in [-0.25, -0.2) is 0 Å². The van der Waals surface area contributed by atoms with E-state index in [1.807, 2.05) is 60.7 Å². The average Bonchev–Trinajstić information content (AvgIpc) is 2.67. The van der Waals surface area contributed by atoms with Crippen LogP contribution in [-0.4, -0.2) is 15.2 Å². The predicted molar refractivity (Wildman–Crippen MR) is 129 cm³/mol. The molecule has 2 N–H and O–H groups in total. The topological polar surface area (TPSA) is 53.4 Å². The van der Waals surface area contributed by atoms with Gasteiger partial charge in [0.05, 0.1) is 23.6 Å². The summed E-state index contributed by atoms with van der Waals surface area (Å²) in [4.78, 5) is 4.37. The van der Waals surface area contributed by atoms with Gasteiger partial charge >= 0.3 is 0 Å². The van der Waals surface area contributed by atoms with Gasteiger partial charge in [0.15, 0.2) is 0 Å². The van der Waals surface area contributed by atoms with Crippen molar-refractivity contribution in [3.8, 4) is 11.5 Å². The Kier molecular flexibility index (Phi) is 7.15. The molecule has 3 aromatic rings. The summed E-state index contributed by atoms with van der Waals surface area (Å²) in [6.07, 6.45) is 9.55. The minimum atomic E-state index is 0.176. The Balaban J connectivity index is 1.81. The molecular formula is C21H13Br4NO2. The smallest absolute Gasteiger partial charge is 0.143 e. The third-order valence-corrected chi connectivity index (χ3v) is 6.22. The molecule has 3 rings (SSSR count). The number of aromatic hydroxyl groups is 2. The molecule has 0 radical (unpaired) electrons. The standard InChI is InChI=1S/C21H13Br4NO2/c22-16-8-13(9-17(23)20(16)27)2-1-12-5-6-26-15(7-12)4-3-14-10-18(24)21(28)19(25)11-14/h1-11,27-28H/b2-1+,4-3+. The Morgan fingerprint density at radius 2 is 1.04 bits per heavy atom. The summed E-state index contributed by atoms with van der Waals surface area (Å²) >= 11 is 13.3. The number of aromatic nitrogens is 1. The van der Waals surface area contributed by atoms with Crippen molar-refractivity contribution < 1.29 is 10.2 Å². The van der Waals surface area contributed by atoms with E-state index in [0.29, 0.717) is 17.9 Å². The number of phenols is 2. The Labute approximate surface area is 196 Å². The maximum absolute atomic E-state index is 9.80. The molecule has 0 spiro atoms. The molecule has 0 fully saturated rings. The molecular weight excluding hydrogens is 618 g/mol. The second kappa shape index (κ2) is 9.39. The molecule has 0 aliphatic carbocycles. The fourth-order valence-electron chi connectivity index (χ4n) is 2.40. The van der Waals surface area contributed by atoms with Gasteiger partial charge in [-0.1, -0.05) is 18.2 Å². The van der Waals surface area contributed by atoms with E-state index in [2.05, 4.69) is 68.7 Å². The number of hydrogen-bond acceptors (Lipinski definition) is 3. The predicted octanol–water partition coefficient (Wildman–Crippen LogP) is 7.88. The van der Waals surface area contributed by atoms with Crippen molar-refractivity contribution in [2.45, 2.75) is 0 Å². The third kappa shape index (κ3) is 5.35. The molecule has 142 valence electrons. The van der Waals surface area contributed by atoms with Crippen LogP contribution in [0.1, 0.15) is 22.4 Å². The molecule has 0 unspecified atom stereocenters. The summed E-state index contributed by atoms with van der Waals surface area (Å²) < 4.78 is 2.51. The van der Waals surface area contributed by atoms with Crippen LogP contribution in [0.15, 0.2) is 60.5 Å². The number of phenolic OH excluding ortho intramolecular Hbond substituents is 2.